The Morgan fingerprint density at radius 1 is 1.50 bits per heavy atom. The topological polar surface area (TPSA) is 55.9 Å². The molecule has 3 N–H and O–H groups in total. The summed E-state index contributed by atoms with van der Waals surface area (Å²) < 4.78 is 2.96. The van der Waals surface area contributed by atoms with E-state index in [0.29, 0.717) is 0 Å². The lowest BCUT2D eigenvalue weighted by Crippen LogP contribution is -2.31. The monoisotopic (exact) mass is 354 g/mol. The largest absolute Gasteiger partial charge is 0.271 e. The van der Waals surface area contributed by atoms with Gasteiger partial charge in [-0.1, -0.05) is 17.7 Å². The third-order valence-corrected chi connectivity index (χ3v) is 4.77. The quantitative estimate of drug-likeness (QED) is 0.474. The predicted molar refractivity (Wildman–Crippen MR) is 87.6 cm³/mol. The van der Waals surface area contributed by atoms with Gasteiger partial charge in [0.1, 0.15) is 0 Å². The molecule has 2 aromatic rings. The third-order valence-electron chi connectivity index (χ3n) is 3.07. The molecule has 108 valence electrons. The first kappa shape index (κ1) is 15.6. The van der Waals surface area contributed by atoms with E-state index >= 15 is 0 Å². The van der Waals surface area contributed by atoms with Crippen LogP contribution in [0.15, 0.2) is 39.8 Å². The van der Waals surface area contributed by atoms with Crippen LogP contribution in [0.2, 0.25) is 0 Å². The predicted octanol–water partition coefficient (Wildman–Crippen LogP) is 3.27. The number of thioether (sulfide) groups is 1. The molecule has 1 aromatic heterocycles. The summed E-state index contributed by atoms with van der Waals surface area (Å²) in [5.74, 6) is 6.58. The second-order valence-electron chi connectivity index (χ2n) is 4.54. The van der Waals surface area contributed by atoms with E-state index < -0.39 is 0 Å². The summed E-state index contributed by atoms with van der Waals surface area (Å²) in [6.45, 7) is 5.00. The molecule has 0 aliphatic carbocycles. The van der Waals surface area contributed by atoms with Crippen LogP contribution in [-0.2, 0) is 6.54 Å². The van der Waals surface area contributed by atoms with Crippen molar-refractivity contribution in [3.63, 3.8) is 0 Å². The fourth-order valence-corrected chi connectivity index (χ4v) is 3.69. The van der Waals surface area contributed by atoms with E-state index in [0.717, 1.165) is 22.5 Å². The molecule has 0 aliphatic rings. The minimum atomic E-state index is 0.0531. The minimum Gasteiger partial charge on any atom is -0.271 e. The standard InChI is InChI=1S/C14H19BrN4S/c1-3-19-14(12(15)8-17-19)13(18-16)9-20-11-6-4-5-10(2)7-11/h4-8,13,18H,3,9,16H2,1-2H3. The second-order valence-corrected chi connectivity index (χ2v) is 6.49. The van der Waals surface area contributed by atoms with Crippen LogP contribution in [0.25, 0.3) is 0 Å². The molecular formula is C14H19BrN4S. The van der Waals surface area contributed by atoms with Gasteiger partial charge in [-0.25, -0.2) is 0 Å². The number of hydrogen-bond donors (Lipinski definition) is 2. The van der Waals surface area contributed by atoms with Crippen molar-refractivity contribution in [3.05, 3.63) is 46.2 Å². The van der Waals surface area contributed by atoms with Crippen molar-refractivity contribution in [2.45, 2.75) is 31.3 Å². The SMILES string of the molecule is CCn1ncc(Br)c1C(CSc1cccc(C)c1)NN. The van der Waals surface area contributed by atoms with Crippen molar-refractivity contribution < 1.29 is 0 Å². The molecule has 1 atom stereocenters. The van der Waals surface area contributed by atoms with Crippen molar-refractivity contribution in [1.29, 1.82) is 0 Å². The second kappa shape index (κ2) is 7.26. The Kier molecular flexibility index (Phi) is 5.65. The molecule has 0 saturated carbocycles. The van der Waals surface area contributed by atoms with E-state index in [-0.39, 0.29) is 6.04 Å². The van der Waals surface area contributed by atoms with Crippen LogP contribution < -0.4 is 11.3 Å². The molecule has 1 aromatic carbocycles. The number of hydrogen-bond acceptors (Lipinski definition) is 4. The van der Waals surface area contributed by atoms with Gasteiger partial charge < -0.3 is 0 Å². The van der Waals surface area contributed by atoms with Crippen LogP contribution >= 0.6 is 27.7 Å². The number of benzene rings is 1. The molecule has 2 rings (SSSR count). The van der Waals surface area contributed by atoms with Gasteiger partial charge in [-0.3, -0.25) is 16.0 Å². The highest BCUT2D eigenvalue weighted by Crippen LogP contribution is 2.29. The number of nitrogens with one attached hydrogen (secondary N) is 1. The van der Waals surface area contributed by atoms with E-state index in [9.17, 15) is 0 Å². The molecule has 0 bridgehead atoms. The molecule has 0 spiro atoms. The van der Waals surface area contributed by atoms with Crippen LogP contribution in [0.1, 0.15) is 24.2 Å². The highest BCUT2D eigenvalue weighted by molar-refractivity contribution is 9.10. The Morgan fingerprint density at radius 2 is 2.30 bits per heavy atom. The molecule has 20 heavy (non-hydrogen) atoms. The van der Waals surface area contributed by atoms with Gasteiger partial charge in [-0.05, 0) is 41.9 Å². The number of nitrogens with two attached hydrogens (primary N) is 1. The van der Waals surface area contributed by atoms with Crippen molar-refractivity contribution in [1.82, 2.24) is 15.2 Å². The van der Waals surface area contributed by atoms with Gasteiger partial charge >= 0.3 is 0 Å². The smallest absolute Gasteiger partial charge is 0.0734 e. The van der Waals surface area contributed by atoms with Crippen LogP contribution in [0.5, 0.6) is 0 Å². The van der Waals surface area contributed by atoms with Gasteiger partial charge in [0.2, 0.25) is 0 Å². The zero-order valence-corrected chi connectivity index (χ0v) is 14.0. The maximum absolute atomic E-state index is 5.73. The average molecular weight is 355 g/mol. The fraction of sp³-hybridized carbons (Fsp3) is 0.357. The summed E-state index contributed by atoms with van der Waals surface area (Å²) in [6.07, 6.45) is 1.82. The highest BCUT2D eigenvalue weighted by Gasteiger charge is 2.18. The van der Waals surface area contributed by atoms with Crippen LogP contribution in [0.3, 0.4) is 0 Å². The zero-order chi connectivity index (χ0) is 14.5. The summed E-state index contributed by atoms with van der Waals surface area (Å²) in [7, 11) is 0. The lowest BCUT2D eigenvalue weighted by Gasteiger charge is -2.17. The highest BCUT2D eigenvalue weighted by atomic mass is 79.9. The number of halogens is 1. The summed E-state index contributed by atoms with van der Waals surface area (Å²) in [6, 6.07) is 8.54. The van der Waals surface area contributed by atoms with Crippen molar-refractivity contribution >= 4 is 27.7 Å². The Balaban J connectivity index is 2.11. The van der Waals surface area contributed by atoms with E-state index in [4.69, 9.17) is 5.84 Å². The van der Waals surface area contributed by atoms with Crippen LogP contribution in [0, 0.1) is 6.92 Å². The third kappa shape index (κ3) is 3.63. The van der Waals surface area contributed by atoms with Crippen molar-refractivity contribution in [2.24, 2.45) is 5.84 Å². The van der Waals surface area contributed by atoms with E-state index in [1.165, 1.54) is 10.5 Å². The summed E-state index contributed by atoms with van der Waals surface area (Å²) >= 11 is 5.34. The van der Waals surface area contributed by atoms with Gasteiger partial charge in [-0.15, -0.1) is 11.8 Å². The van der Waals surface area contributed by atoms with Crippen LogP contribution in [-0.4, -0.2) is 15.5 Å². The fourth-order valence-electron chi connectivity index (χ4n) is 2.06. The van der Waals surface area contributed by atoms with Gasteiger partial charge in [0.15, 0.2) is 0 Å². The molecule has 0 saturated heterocycles. The first-order valence-corrected chi connectivity index (χ1v) is 8.30. The Hall–Kier alpha value is -0.820. The van der Waals surface area contributed by atoms with Gasteiger partial charge in [0.05, 0.1) is 22.4 Å². The number of hydrazine groups is 1. The molecule has 1 unspecified atom stereocenters. The lowest BCUT2D eigenvalue weighted by molar-refractivity contribution is 0.526. The summed E-state index contributed by atoms with van der Waals surface area (Å²) in [5.41, 5.74) is 5.26. The van der Waals surface area contributed by atoms with Gasteiger partial charge in [0.25, 0.3) is 0 Å². The molecular weight excluding hydrogens is 336 g/mol. The number of aryl methyl sites for hydroxylation is 2. The molecule has 4 nitrogen and oxygen atoms in total. The molecule has 0 aliphatic heterocycles. The lowest BCUT2D eigenvalue weighted by atomic mass is 10.2. The molecule has 0 amide bonds. The summed E-state index contributed by atoms with van der Waals surface area (Å²) in [5, 5.41) is 4.34. The first-order chi connectivity index (χ1) is 9.65. The number of aromatic nitrogens is 2. The zero-order valence-electron chi connectivity index (χ0n) is 11.6. The Morgan fingerprint density at radius 3 is 2.95 bits per heavy atom. The number of nitrogens with zero attached hydrogens (tertiary/aromatic N) is 2. The van der Waals surface area contributed by atoms with E-state index in [1.54, 1.807) is 11.8 Å². The van der Waals surface area contributed by atoms with E-state index in [1.807, 2.05) is 10.9 Å². The molecule has 0 radical (unpaired) electrons. The molecule has 1 heterocycles. The van der Waals surface area contributed by atoms with Gasteiger partial charge in [-0.2, -0.15) is 5.10 Å². The molecule has 6 heteroatoms. The van der Waals surface area contributed by atoms with Crippen LogP contribution in [0.4, 0.5) is 0 Å². The van der Waals surface area contributed by atoms with Crippen molar-refractivity contribution in [2.75, 3.05) is 5.75 Å². The number of rotatable bonds is 6. The average Bonchev–Trinajstić information content (AvgIpc) is 2.81. The molecule has 0 fully saturated rings. The minimum absolute atomic E-state index is 0.0531. The normalized spacial score (nSPS) is 12.6. The maximum atomic E-state index is 5.73. The van der Waals surface area contributed by atoms with Gasteiger partial charge in [0, 0.05) is 17.2 Å². The van der Waals surface area contributed by atoms with E-state index in [2.05, 4.69) is 64.6 Å². The van der Waals surface area contributed by atoms with Crippen molar-refractivity contribution in [3.8, 4) is 0 Å². The first-order valence-electron chi connectivity index (χ1n) is 6.52. The Bertz CT molecular complexity index is 570. The maximum Gasteiger partial charge on any atom is 0.0734 e. The Labute approximate surface area is 132 Å². The summed E-state index contributed by atoms with van der Waals surface area (Å²) in [4.78, 5) is 1.25.